The summed E-state index contributed by atoms with van der Waals surface area (Å²) in [7, 11) is 0.193. The van der Waals surface area contributed by atoms with Crippen molar-refractivity contribution in [2.24, 2.45) is 11.8 Å². The number of nitrogens with zero attached hydrogens (tertiary/aromatic N) is 2. The molecule has 1 heterocycles. The van der Waals surface area contributed by atoms with Crippen molar-refractivity contribution in [1.82, 2.24) is 14.5 Å². The molecule has 6 nitrogen and oxygen atoms in total. The van der Waals surface area contributed by atoms with Gasteiger partial charge in [0.15, 0.2) is 0 Å². The molecule has 1 N–H and O–H groups in total. The van der Waals surface area contributed by atoms with Gasteiger partial charge in [0.1, 0.15) is 5.82 Å². The first kappa shape index (κ1) is 31.9. The number of hydrogen-bond acceptors (Lipinski definition) is 4. The molecule has 0 saturated heterocycles. The molecule has 3 aromatic rings. The summed E-state index contributed by atoms with van der Waals surface area (Å²) in [6.07, 6.45) is 4.60. The van der Waals surface area contributed by atoms with Crippen molar-refractivity contribution in [2.75, 3.05) is 27.2 Å². The van der Waals surface area contributed by atoms with E-state index in [4.69, 9.17) is 23.2 Å². The van der Waals surface area contributed by atoms with Crippen molar-refractivity contribution in [3.63, 3.8) is 0 Å². The van der Waals surface area contributed by atoms with E-state index in [0.717, 1.165) is 42.4 Å². The lowest BCUT2D eigenvalue weighted by Gasteiger charge is -2.38. The molecular weight excluding hydrogens is 608 g/mol. The summed E-state index contributed by atoms with van der Waals surface area (Å²) in [5.41, 5.74) is 3.02. The molecule has 5 rings (SSSR count). The second-order valence-corrected chi connectivity index (χ2v) is 14.6. The first-order valence-corrected chi connectivity index (χ1v) is 17.0. The molecule has 2 aliphatic rings. The van der Waals surface area contributed by atoms with E-state index in [2.05, 4.69) is 24.3 Å². The third kappa shape index (κ3) is 7.26. The lowest BCUT2D eigenvalue weighted by Crippen LogP contribution is -2.42. The quantitative estimate of drug-likeness (QED) is 0.271. The summed E-state index contributed by atoms with van der Waals surface area (Å²) in [4.78, 5) is 15.6. The Bertz CT molecular complexity index is 1540. The number of amides is 1. The van der Waals surface area contributed by atoms with Gasteiger partial charge in [-0.2, -0.15) is 4.31 Å². The first-order valence-electron chi connectivity index (χ1n) is 14.8. The van der Waals surface area contributed by atoms with E-state index < -0.39 is 16.1 Å². The third-order valence-corrected chi connectivity index (χ3v) is 11.6. The monoisotopic (exact) mass is 645 g/mol. The average Bonchev–Trinajstić information content (AvgIpc) is 2.99. The van der Waals surface area contributed by atoms with Crippen molar-refractivity contribution < 1.29 is 17.6 Å². The Morgan fingerprint density at radius 2 is 1.70 bits per heavy atom. The van der Waals surface area contributed by atoms with E-state index in [1.54, 1.807) is 0 Å². The second-order valence-electron chi connectivity index (χ2n) is 11.9. The molecule has 1 aliphatic carbocycles. The highest BCUT2D eigenvalue weighted by molar-refractivity contribution is 7.89. The van der Waals surface area contributed by atoms with Gasteiger partial charge < -0.3 is 10.2 Å². The zero-order chi connectivity index (χ0) is 30.7. The average molecular weight is 647 g/mol. The molecule has 3 aromatic carbocycles. The fourth-order valence-corrected chi connectivity index (χ4v) is 8.76. The van der Waals surface area contributed by atoms with Crippen LogP contribution in [0, 0.1) is 17.7 Å². The summed E-state index contributed by atoms with van der Waals surface area (Å²) in [5, 5.41) is 3.56. The van der Waals surface area contributed by atoms with Gasteiger partial charge in [-0.05, 0) is 105 Å². The van der Waals surface area contributed by atoms with Crippen LogP contribution in [0.25, 0.3) is 0 Å². The highest BCUT2D eigenvalue weighted by Crippen LogP contribution is 2.40. The van der Waals surface area contributed by atoms with Crippen LogP contribution in [0.3, 0.4) is 0 Å². The predicted octanol–water partition coefficient (Wildman–Crippen LogP) is 7.04. The number of fused-ring (bicyclic) bond motifs is 1. The first-order chi connectivity index (χ1) is 20.5. The fourth-order valence-electron chi connectivity index (χ4n) is 6.77. The van der Waals surface area contributed by atoms with Crippen LogP contribution in [-0.2, 0) is 21.2 Å². The van der Waals surface area contributed by atoms with Crippen molar-refractivity contribution in [1.29, 1.82) is 0 Å². The summed E-state index contributed by atoms with van der Waals surface area (Å²) >= 11 is 12.2. The summed E-state index contributed by atoms with van der Waals surface area (Å²) in [5.74, 6) is 0.403. The van der Waals surface area contributed by atoms with Crippen LogP contribution >= 0.6 is 23.2 Å². The molecule has 0 aromatic heterocycles. The van der Waals surface area contributed by atoms with Gasteiger partial charge >= 0.3 is 0 Å². The minimum absolute atomic E-state index is 0.0280. The van der Waals surface area contributed by atoms with Crippen molar-refractivity contribution in [3.05, 3.63) is 99.3 Å². The number of rotatable bonds is 9. The molecule has 43 heavy (non-hydrogen) atoms. The molecule has 2 unspecified atom stereocenters. The molecule has 1 aliphatic heterocycles. The number of hydrogen-bond donors (Lipinski definition) is 1. The largest absolute Gasteiger partial charge is 0.356 e. The molecule has 0 radical (unpaired) electrons. The van der Waals surface area contributed by atoms with Gasteiger partial charge in [0.2, 0.25) is 15.9 Å². The molecule has 2 atom stereocenters. The van der Waals surface area contributed by atoms with E-state index in [9.17, 15) is 17.6 Å². The standard InChI is InChI=1S/C33H38Cl2FN3O3S/c1-38(2)33(25-11-13-26(36)14-12-25)24-9-7-22(8-10-24)21-37-32(40)20-31-28-6-4-3-5-23(28)17-18-39(31)43(41,42)27-15-16-29(34)30(35)19-27/h3-6,11-16,19,22,24,31,33H,7-10,17-18,20-21H2,1-2H3,(H,37,40). The summed E-state index contributed by atoms with van der Waals surface area (Å²) < 4.78 is 42.5. The van der Waals surface area contributed by atoms with Crippen LogP contribution in [0.4, 0.5) is 4.39 Å². The van der Waals surface area contributed by atoms with Crippen LogP contribution < -0.4 is 5.32 Å². The maximum absolute atomic E-state index is 13.8. The van der Waals surface area contributed by atoms with Gasteiger partial charge in [-0.3, -0.25) is 4.79 Å². The van der Waals surface area contributed by atoms with Crippen molar-refractivity contribution in [2.45, 2.75) is 55.5 Å². The highest BCUT2D eigenvalue weighted by Gasteiger charge is 2.38. The van der Waals surface area contributed by atoms with Gasteiger partial charge in [0, 0.05) is 25.6 Å². The zero-order valence-electron chi connectivity index (χ0n) is 24.5. The Hall–Kier alpha value is -2.49. The Morgan fingerprint density at radius 3 is 2.37 bits per heavy atom. The Morgan fingerprint density at radius 1 is 1.00 bits per heavy atom. The van der Waals surface area contributed by atoms with Gasteiger partial charge in [-0.15, -0.1) is 0 Å². The number of carbonyl (C=O) groups excluding carboxylic acids is 1. The summed E-state index contributed by atoms with van der Waals surface area (Å²) in [6.45, 7) is 0.825. The highest BCUT2D eigenvalue weighted by atomic mass is 35.5. The van der Waals surface area contributed by atoms with Crippen LogP contribution in [0.1, 0.15) is 60.9 Å². The Balaban J connectivity index is 1.23. The minimum Gasteiger partial charge on any atom is -0.356 e. The normalized spacial score (nSPS) is 21.8. The topological polar surface area (TPSA) is 69.7 Å². The Kier molecular flexibility index (Phi) is 10.1. The van der Waals surface area contributed by atoms with E-state index in [1.165, 1.54) is 34.6 Å². The molecule has 230 valence electrons. The van der Waals surface area contributed by atoms with Crippen molar-refractivity contribution >= 4 is 39.1 Å². The lowest BCUT2D eigenvalue weighted by atomic mass is 9.76. The number of sulfonamides is 1. The van der Waals surface area contributed by atoms with Gasteiger partial charge in [-0.25, -0.2) is 12.8 Å². The lowest BCUT2D eigenvalue weighted by molar-refractivity contribution is -0.122. The molecule has 10 heteroatoms. The van der Waals surface area contributed by atoms with E-state index in [0.29, 0.717) is 24.8 Å². The summed E-state index contributed by atoms with van der Waals surface area (Å²) in [6, 6.07) is 18.4. The molecule has 0 bridgehead atoms. The van der Waals surface area contributed by atoms with E-state index in [-0.39, 0.29) is 45.7 Å². The van der Waals surface area contributed by atoms with Crippen LogP contribution in [-0.4, -0.2) is 50.7 Å². The van der Waals surface area contributed by atoms with Gasteiger partial charge in [0.25, 0.3) is 0 Å². The van der Waals surface area contributed by atoms with Gasteiger partial charge in [-0.1, -0.05) is 59.6 Å². The van der Waals surface area contributed by atoms with Crippen LogP contribution in [0.5, 0.6) is 0 Å². The SMILES string of the molecule is CN(C)C(c1ccc(F)cc1)C1CCC(CNC(=O)CC2c3ccccc3CCN2S(=O)(=O)c2ccc(Cl)c(Cl)c2)CC1. The molecule has 1 fully saturated rings. The van der Waals surface area contributed by atoms with E-state index in [1.807, 2.05) is 36.4 Å². The third-order valence-electron chi connectivity index (χ3n) is 8.93. The Labute approximate surface area is 264 Å². The van der Waals surface area contributed by atoms with Crippen LogP contribution in [0.15, 0.2) is 71.6 Å². The molecule has 1 saturated carbocycles. The number of halogens is 3. The molecular formula is C33H38Cl2FN3O3S. The van der Waals surface area contributed by atoms with Crippen molar-refractivity contribution in [3.8, 4) is 0 Å². The van der Waals surface area contributed by atoms with Crippen LogP contribution in [0.2, 0.25) is 10.0 Å². The minimum atomic E-state index is -3.94. The smallest absolute Gasteiger partial charge is 0.243 e. The molecule has 0 spiro atoms. The molecule has 1 amide bonds. The van der Waals surface area contributed by atoms with E-state index >= 15 is 0 Å². The van der Waals surface area contributed by atoms with Gasteiger partial charge in [0.05, 0.1) is 21.0 Å². The maximum Gasteiger partial charge on any atom is 0.243 e. The number of nitrogens with one attached hydrogen (secondary N) is 1. The zero-order valence-corrected chi connectivity index (χ0v) is 26.8. The predicted molar refractivity (Wildman–Crippen MR) is 169 cm³/mol. The number of carbonyl (C=O) groups is 1. The fraction of sp³-hybridized carbons (Fsp3) is 0.424. The second kappa shape index (κ2) is 13.7. The maximum atomic E-state index is 13.8. The number of benzene rings is 3.